The van der Waals surface area contributed by atoms with E-state index in [1.165, 1.54) is 23.6 Å². The third-order valence-electron chi connectivity index (χ3n) is 3.28. The molecule has 1 aromatic carbocycles. The number of benzene rings is 1. The van der Waals surface area contributed by atoms with Gasteiger partial charge in [-0.15, -0.1) is 11.8 Å². The van der Waals surface area contributed by atoms with Gasteiger partial charge in [-0.2, -0.15) is 0 Å². The summed E-state index contributed by atoms with van der Waals surface area (Å²) in [7, 11) is 0. The lowest BCUT2D eigenvalue weighted by atomic mass is 10.1. The molecular weight excluding hydrogens is 292 g/mol. The van der Waals surface area contributed by atoms with E-state index in [9.17, 15) is 14.7 Å². The number of hydrogen-bond donors (Lipinski definition) is 3. The third-order valence-corrected chi connectivity index (χ3v) is 4.59. The monoisotopic (exact) mass is 310 g/mol. The quantitative estimate of drug-likeness (QED) is 0.752. The van der Waals surface area contributed by atoms with Crippen LogP contribution in [0.5, 0.6) is 5.75 Å². The van der Waals surface area contributed by atoms with Crippen molar-refractivity contribution >= 4 is 23.6 Å². The molecule has 21 heavy (non-hydrogen) atoms. The Morgan fingerprint density at radius 2 is 2.14 bits per heavy atom. The van der Waals surface area contributed by atoms with E-state index in [-0.39, 0.29) is 36.1 Å². The fourth-order valence-electron chi connectivity index (χ4n) is 2.33. The first-order valence-corrected chi connectivity index (χ1v) is 7.68. The summed E-state index contributed by atoms with van der Waals surface area (Å²) in [4.78, 5) is 25.5. The number of amides is 2. The fraction of sp³-hybridized carbons (Fsp3) is 0.429. The minimum absolute atomic E-state index is 0.109. The number of rotatable bonds is 4. The molecular formula is C14H18N2O4S. The van der Waals surface area contributed by atoms with Crippen molar-refractivity contribution in [2.75, 3.05) is 18.9 Å². The van der Waals surface area contributed by atoms with E-state index in [1.807, 2.05) is 0 Å². The molecule has 1 heterocycles. The van der Waals surface area contributed by atoms with Gasteiger partial charge >= 0.3 is 0 Å². The van der Waals surface area contributed by atoms with E-state index in [1.54, 1.807) is 24.3 Å². The van der Waals surface area contributed by atoms with Gasteiger partial charge in [-0.05, 0) is 6.07 Å². The molecule has 2 rings (SSSR count). The highest BCUT2D eigenvalue weighted by Gasteiger charge is 2.41. The molecule has 1 aromatic rings. The van der Waals surface area contributed by atoms with E-state index in [0.29, 0.717) is 11.3 Å². The van der Waals surface area contributed by atoms with E-state index in [2.05, 4.69) is 5.32 Å². The van der Waals surface area contributed by atoms with Gasteiger partial charge in [0.15, 0.2) is 0 Å². The van der Waals surface area contributed by atoms with Crippen LogP contribution < -0.4 is 5.32 Å². The smallest absolute Gasteiger partial charge is 0.243 e. The Balaban J connectivity index is 2.23. The highest BCUT2D eigenvalue weighted by molar-refractivity contribution is 7.99. The lowest BCUT2D eigenvalue weighted by molar-refractivity contribution is -0.138. The van der Waals surface area contributed by atoms with E-state index in [4.69, 9.17) is 5.11 Å². The molecule has 6 nitrogen and oxygen atoms in total. The van der Waals surface area contributed by atoms with E-state index in [0.717, 1.165) is 0 Å². The van der Waals surface area contributed by atoms with Crippen LogP contribution in [0.25, 0.3) is 0 Å². The molecule has 2 unspecified atom stereocenters. The molecule has 1 fully saturated rings. The number of hydrogen-bond acceptors (Lipinski definition) is 5. The van der Waals surface area contributed by atoms with Crippen LogP contribution in [0.3, 0.4) is 0 Å². The molecule has 0 radical (unpaired) electrons. The first kappa shape index (κ1) is 15.7. The van der Waals surface area contributed by atoms with Gasteiger partial charge < -0.3 is 20.4 Å². The summed E-state index contributed by atoms with van der Waals surface area (Å²) in [5, 5.41) is 20.9. The van der Waals surface area contributed by atoms with Gasteiger partial charge in [0.05, 0.1) is 6.61 Å². The second-order valence-electron chi connectivity index (χ2n) is 4.70. The molecule has 0 aromatic heterocycles. The van der Waals surface area contributed by atoms with Gasteiger partial charge in [-0.25, -0.2) is 0 Å². The van der Waals surface area contributed by atoms with Crippen molar-refractivity contribution in [2.24, 2.45) is 0 Å². The summed E-state index contributed by atoms with van der Waals surface area (Å²) in [5.41, 5.74) is 0.621. The number of aliphatic hydroxyl groups excluding tert-OH is 1. The summed E-state index contributed by atoms with van der Waals surface area (Å²) >= 11 is 1.44. The molecule has 3 N–H and O–H groups in total. The summed E-state index contributed by atoms with van der Waals surface area (Å²) in [6, 6.07) is 6.21. The maximum Gasteiger partial charge on any atom is 0.243 e. The zero-order chi connectivity index (χ0) is 15.4. The second-order valence-corrected chi connectivity index (χ2v) is 5.81. The van der Waals surface area contributed by atoms with Gasteiger partial charge in [0, 0.05) is 24.8 Å². The Morgan fingerprint density at radius 3 is 2.76 bits per heavy atom. The topological polar surface area (TPSA) is 89.9 Å². The second kappa shape index (κ2) is 6.82. The molecule has 0 spiro atoms. The van der Waals surface area contributed by atoms with Crippen LogP contribution >= 0.6 is 11.8 Å². The average molecular weight is 310 g/mol. The maximum absolute atomic E-state index is 12.1. The van der Waals surface area contributed by atoms with E-state index >= 15 is 0 Å². The number of para-hydroxylation sites is 1. The number of carbonyl (C=O) groups is 2. The average Bonchev–Trinajstić information content (AvgIpc) is 2.90. The summed E-state index contributed by atoms with van der Waals surface area (Å²) in [6.45, 7) is 1.42. The first-order chi connectivity index (χ1) is 10.1. The number of nitrogens with one attached hydrogen (secondary N) is 1. The normalized spacial score (nSPS) is 21.3. The predicted molar refractivity (Wildman–Crippen MR) is 79.7 cm³/mol. The summed E-state index contributed by atoms with van der Waals surface area (Å²) < 4.78 is 0. The zero-order valence-electron chi connectivity index (χ0n) is 11.7. The summed E-state index contributed by atoms with van der Waals surface area (Å²) in [6.07, 6.45) is 0. The number of carbonyl (C=O) groups excluding carboxylic acids is 2. The Kier molecular flexibility index (Phi) is 5.08. The molecule has 1 saturated heterocycles. The number of aliphatic hydroxyl groups is 1. The van der Waals surface area contributed by atoms with Gasteiger partial charge in [0.1, 0.15) is 17.2 Å². The molecule has 0 aliphatic carbocycles. The molecule has 1 aliphatic rings. The van der Waals surface area contributed by atoms with Crippen LogP contribution in [-0.4, -0.2) is 51.9 Å². The van der Waals surface area contributed by atoms with Crippen molar-refractivity contribution in [3.8, 4) is 5.75 Å². The lowest BCUT2D eigenvalue weighted by Gasteiger charge is -2.28. The van der Waals surface area contributed by atoms with Gasteiger partial charge in [0.2, 0.25) is 11.8 Å². The minimum Gasteiger partial charge on any atom is -0.508 e. The molecule has 0 saturated carbocycles. The van der Waals surface area contributed by atoms with Crippen LogP contribution in [0.15, 0.2) is 24.3 Å². The number of aromatic hydroxyl groups is 1. The molecule has 2 amide bonds. The Hall–Kier alpha value is -1.73. The van der Waals surface area contributed by atoms with Gasteiger partial charge in [0.25, 0.3) is 0 Å². The molecule has 2 atom stereocenters. The minimum atomic E-state index is -0.594. The third kappa shape index (κ3) is 3.30. The van der Waals surface area contributed by atoms with Gasteiger partial charge in [-0.3, -0.25) is 9.59 Å². The molecule has 7 heteroatoms. The Morgan fingerprint density at radius 1 is 1.43 bits per heavy atom. The number of thioether (sulfide) groups is 1. The van der Waals surface area contributed by atoms with Crippen molar-refractivity contribution in [1.29, 1.82) is 0 Å². The number of nitrogens with zero attached hydrogens (tertiary/aromatic N) is 1. The van der Waals surface area contributed by atoms with Gasteiger partial charge in [-0.1, -0.05) is 18.2 Å². The first-order valence-electron chi connectivity index (χ1n) is 6.63. The standard InChI is InChI=1S/C14H18N2O4S/c1-9(18)16-11(13(20)15-6-7-17)8-21-14(16)10-4-2-3-5-12(10)19/h2-5,11,14,17,19H,6-8H2,1H3,(H,15,20). The lowest BCUT2D eigenvalue weighted by Crippen LogP contribution is -2.47. The summed E-state index contributed by atoms with van der Waals surface area (Å²) in [5.74, 6) is 0.0512. The van der Waals surface area contributed by atoms with Crippen molar-refractivity contribution in [3.05, 3.63) is 29.8 Å². The highest BCUT2D eigenvalue weighted by Crippen LogP contribution is 2.44. The fourth-order valence-corrected chi connectivity index (χ4v) is 3.84. The highest BCUT2D eigenvalue weighted by atomic mass is 32.2. The molecule has 0 bridgehead atoms. The van der Waals surface area contributed by atoms with Crippen molar-refractivity contribution in [2.45, 2.75) is 18.3 Å². The van der Waals surface area contributed by atoms with Crippen LogP contribution in [0.4, 0.5) is 0 Å². The van der Waals surface area contributed by atoms with Crippen molar-refractivity contribution in [1.82, 2.24) is 10.2 Å². The van der Waals surface area contributed by atoms with Crippen LogP contribution in [0.1, 0.15) is 17.9 Å². The Labute approximate surface area is 127 Å². The molecule has 114 valence electrons. The largest absolute Gasteiger partial charge is 0.508 e. The maximum atomic E-state index is 12.1. The van der Waals surface area contributed by atoms with Crippen LogP contribution in [-0.2, 0) is 9.59 Å². The Bertz CT molecular complexity index is 537. The number of phenolic OH excluding ortho intramolecular Hbond substituents is 1. The van der Waals surface area contributed by atoms with Crippen LogP contribution in [0, 0.1) is 0 Å². The van der Waals surface area contributed by atoms with E-state index < -0.39 is 6.04 Å². The van der Waals surface area contributed by atoms with Crippen LogP contribution in [0.2, 0.25) is 0 Å². The zero-order valence-corrected chi connectivity index (χ0v) is 12.5. The van der Waals surface area contributed by atoms with Crippen molar-refractivity contribution in [3.63, 3.8) is 0 Å². The van der Waals surface area contributed by atoms with Crippen molar-refractivity contribution < 1.29 is 19.8 Å². The molecule has 1 aliphatic heterocycles. The SMILES string of the molecule is CC(=O)N1C(C(=O)NCCO)CSC1c1ccccc1O. The predicted octanol–water partition coefficient (Wildman–Crippen LogP) is 0.463. The number of phenols is 1.